The van der Waals surface area contributed by atoms with Gasteiger partial charge >= 0.3 is 0 Å². The van der Waals surface area contributed by atoms with E-state index in [1.54, 1.807) is 0 Å². The lowest BCUT2D eigenvalue weighted by Crippen LogP contribution is -2.52. The summed E-state index contributed by atoms with van der Waals surface area (Å²) in [4.78, 5) is 12.8. The number of ether oxygens (including phenoxy) is 1. The molecule has 1 heterocycles. The van der Waals surface area contributed by atoms with Crippen LogP contribution in [-0.2, 0) is 13.7 Å². The molecule has 5 heteroatoms. The molecule has 1 fully saturated rings. The molecule has 0 saturated carbocycles. The number of hydrogen-bond donors (Lipinski definition) is 0. The van der Waals surface area contributed by atoms with Gasteiger partial charge in [0.2, 0.25) is 5.06 Å². The molecule has 0 aliphatic carbocycles. The molecule has 2 aromatic carbocycles. The second-order valence-electron chi connectivity index (χ2n) is 5.41. The average Bonchev–Trinajstić information content (AvgIpc) is 2.60. The molecular formula is C18H16Cl2O2S. The molecule has 0 radical (unpaired) electrons. The first-order chi connectivity index (χ1) is 11.0. The standard InChI is InChI=1S/C18H16Cl2O2S/c1-22-17(19)16(21)12-15(13-8-4-2-5-9-13)23-18(17,20)14-10-6-3-7-11-14/h2-11,15H,12H2,1H3. The average molecular weight is 367 g/mol. The van der Waals surface area contributed by atoms with E-state index < -0.39 is 9.27 Å². The van der Waals surface area contributed by atoms with Crippen molar-refractivity contribution in [1.82, 2.24) is 0 Å². The normalized spacial score (nSPS) is 31.1. The summed E-state index contributed by atoms with van der Waals surface area (Å²) in [6.45, 7) is 0. The second-order valence-corrected chi connectivity index (χ2v) is 8.15. The molecule has 2 aromatic rings. The number of halogens is 2. The molecule has 0 bridgehead atoms. The number of Topliss-reactive ketones (excluding diaryl/α,β-unsaturated/α-hetero) is 1. The molecule has 0 spiro atoms. The SMILES string of the molecule is COC1(Cl)C(=O)CC(c2ccccc2)SC1(Cl)c1ccccc1. The van der Waals surface area contributed by atoms with Gasteiger partial charge in [-0.1, -0.05) is 83.9 Å². The van der Waals surface area contributed by atoms with Gasteiger partial charge in [-0.15, -0.1) is 11.8 Å². The van der Waals surface area contributed by atoms with Crippen molar-refractivity contribution >= 4 is 40.7 Å². The van der Waals surface area contributed by atoms with Crippen LogP contribution in [0.5, 0.6) is 0 Å². The van der Waals surface area contributed by atoms with Crippen molar-refractivity contribution in [1.29, 1.82) is 0 Å². The first-order valence-electron chi connectivity index (χ1n) is 7.26. The van der Waals surface area contributed by atoms with E-state index in [0.717, 1.165) is 11.1 Å². The zero-order chi connectivity index (χ0) is 16.5. The Bertz CT molecular complexity index is 695. The predicted octanol–water partition coefficient (Wildman–Crippen LogP) is 5.11. The van der Waals surface area contributed by atoms with E-state index in [-0.39, 0.29) is 17.5 Å². The van der Waals surface area contributed by atoms with Gasteiger partial charge in [-0.05, 0) is 11.1 Å². The summed E-state index contributed by atoms with van der Waals surface area (Å²) < 4.78 is 4.21. The van der Waals surface area contributed by atoms with Gasteiger partial charge in [0, 0.05) is 18.8 Å². The highest BCUT2D eigenvalue weighted by atomic mass is 35.5. The largest absolute Gasteiger partial charge is 0.354 e. The Morgan fingerprint density at radius 3 is 2.17 bits per heavy atom. The summed E-state index contributed by atoms with van der Waals surface area (Å²) in [7, 11) is 1.42. The molecule has 1 saturated heterocycles. The third kappa shape index (κ3) is 2.80. The number of benzene rings is 2. The fraction of sp³-hybridized carbons (Fsp3) is 0.278. The first kappa shape index (κ1) is 16.8. The Labute approximate surface area is 150 Å². The molecule has 3 atom stereocenters. The lowest BCUT2D eigenvalue weighted by Gasteiger charge is -2.45. The summed E-state index contributed by atoms with van der Waals surface area (Å²) in [5.41, 5.74) is 1.82. The van der Waals surface area contributed by atoms with Crippen molar-refractivity contribution in [2.75, 3.05) is 7.11 Å². The number of hydrogen-bond acceptors (Lipinski definition) is 3. The van der Waals surface area contributed by atoms with Crippen molar-refractivity contribution in [3.05, 3.63) is 71.8 Å². The van der Waals surface area contributed by atoms with E-state index in [0.29, 0.717) is 0 Å². The van der Waals surface area contributed by atoms with E-state index >= 15 is 0 Å². The highest BCUT2D eigenvalue weighted by Gasteiger charge is 2.61. The van der Waals surface area contributed by atoms with E-state index in [1.807, 2.05) is 60.7 Å². The number of alkyl halides is 2. The molecule has 120 valence electrons. The molecule has 1 aliphatic rings. The molecule has 3 unspecified atom stereocenters. The van der Waals surface area contributed by atoms with E-state index in [1.165, 1.54) is 18.9 Å². The monoisotopic (exact) mass is 366 g/mol. The number of thioether (sulfide) groups is 1. The van der Waals surface area contributed by atoms with Crippen molar-refractivity contribution in [3.63, 3.8) is 0 Å². The van der Waals surface area contributed by atoms with Crippen LogP contribution in [0.2, 0.25) is 0 Å². The van der Waals surface area contributed by atoms with Gasteiger partial charge < -0.3 is 4.74 Å². The highest BCUT2D eigenvalue weighted by Crippen LogP contribution is 2.62. The van der Waals surface area contributed by atoms with Gasteiger partial charge in [0.15, 0.2) is 9.99 Å². The van der Waals surface area contributed by atoms with Crippen LogP contribution in [0.4, 0.5) is 0 Å². The zero-order valence-corrected chi connectivity index (χ0v) is 14.9. The van der Waals surface area contributed by atoms with Crippen LogP contribution in [0.15, 0.2) is 60.7 Å². The zero-order valence-electron chi connectivity index (χ0n) is 12.5. The predicted molar refractivity (Wildman–Crippen MR) is 96.0 cm³/mol. The van der Waals surface area contributed by atoms with Gasteiger partial charge in [0.1, 0.15) is 0 Å². The van der Waals surface area contributed by atoms with Crippen LogP contribution >= 0.6 is 35.0 Å². The summed E-state index contributed by atoms with van der Waals surface area (Å²) in [6.07, 6.45) is 0.285. The maximum Gasteiger partial charge on any atom is 0.232 e. The summed E-state index contributed by atoms with van der Waals surface area (Å²) in [5, 5.41) is -1.66. The minimum absolute atomic E-state index is 0.0663. The van der Waals surface area contributed by atoms with Crippen LogP contribution in [0.25, 0.3) is 0 Å². The summed E-state index contributed by atoms with van der Waals surface area (Å²) in [6, 6.07) is 19.3. The summed E-state index contributed by atoms with van der Waals surface area (Å²) >= 11 is 15.0. The number of carbonyl (C=O) groups excluding carboxylic acids is 1. The van der Waals surface area contributed by atoms with E-state index in [4.69, 9.17) is 27.9 Å². The van der Waals surface area contributed by atoms with Crippen molar-refractivity contribution in [3.8, 4) is 0 Å². The lowest BCUT2D eigenvalue weighted by atomic mass is 9.96. The number of ketones is 1. The fourth-order valence-electron chi connectivity index (χ4n) is 2.80. The van der Waals surface area contributed by atoms with Gasteiger partial charge in [-0.2, -0.15) is 0 Å². The maximum atomic E-state index is 12.8. The van der Waals surface area contributed by atoms with E-state index in [9.17, 15) is 4.79 Å². The van der Waals surface area contributed by atoms with Gasteiger partial charge in [0.05, 0.1) is 0 Å². The maximum absolute atomic E-state index is 12.8. The molecule has 1 aliphatic heterocycles. The number of methoxy groups -OCH3 is 1. The Kier molecular flexibility index (Phi) is 4.75. The minimum Gasteiger partial charge on any atom is -0.354 e. The molecule has 3 rings (SSSR count). The van der Waals surface area contributed by atoms with Crippen molar-refractivity contribution < 1.29 is 9.53 Å². The van der Waals surface area contributed by atoms with E-state index in [2.05, 4.69) is 0 Å². The van der Waals surface area contributed by atoms with Crippen molar-refractivity contribution in [2.45, 2.75) is 20.9 Å². The topological polar surface area (TPSA) is 26.3 Å². The third-order valence-electron chi connectivity index (χ3n) is 4.05. The minimum atomic E-state index is -1.59. The molecule has 23 heavy (non-hydrogen) atoms. The Balaban J connectivity index is 2.07. The molecule has 0 amide bonds. The van der Waals surface area contributed by atoms with Gasteiger partial charge in [-0.3, -0.25) is 4.79 Å². The van der Waals surface area contributed by atoms with Gasteiger partial charge in [0.25, 0.3) is 0 Å². The first-order valence-corrected chi connectivity index (χ1v) is 8.89. The molecule has 2 nitrogen and oxygen atoms in total. The fourth-order valence-corrected chi connectivity index (χ4v) is 5.29. The van der Waals surface area contributed by atoms with Crippen LogP contribution in [-0.4, -0.2) is 18.0 Å². The Morgan fingerprint density at radius 1 is 1.04 bits per heavy atom. The lowest BCUT2D eigenvalue weighted by molar-refractivity contribution is -0.134. The number of carbonyl (C=O) groups is 1. The molecular weight excluding hydrogens is 351 g/mol. The third-order valence-corrected chi connectivity index (χ3v) is 7.23. The van der Waals surface area contributed by atoms with Crippen LogP contribution in [0, 0.1) is 0 Å². The smallest absolute Gasteiger partial charge is 0.232 e. The Morgan fingerprint density at radius 2 is 1.61 bits per heavy atom. The van der Waals surface area contributed by atoms with Crippen LogP contribution in [0.1, 0.15) is 22.8 Å². The van der Waals surface area contributed by atoms with Gasteiger partial charge in [-0.25, -0.2) is 0 Å². The number of rotatable bonds is 3. The van der Waals surface area contributed by atoms with Crippen molar-refractivity contribution in [2.24, 2.45) is 0 Å². The summed E-state index contributed by atoms with van der Waals surface area (Å²) in [5.74, 6) is -0.201. The quantitative estimate of drug-likeness (QED) is 0.706. The van der Waals surface area contributed by atoms with Crippen LogP contribution in [0.3, 0.4) is 0 Å². The Hall–Kier alpha value is -1.00. The molecule has 0 aromatic heterocycles. The second kappa shape index (κ2) is 6.48. The highest BCUT2D eigenvalue weighted by molar-refractivity contribution is 8.02. The van der Waals surface area contributed by atoms with Crippen LogP contribution < -0.4 is 0 Å². The molecule has 0 N–H and O–H groups in total.